The lowest BCUT2D eigenvalue weighted by Gasteiger charge is -2.24. The third-order valence-electron chi connectivity index (χ3n) is 4.14. The number of fused-ring (bicyclic) bond motifs is 1. The molecule has 2 rings (SSSR count). The highest BCUT2D eigenvalue weighted by atomic mass is 16.8. The Balaban J connectivity index is 2.17. The average Bonchev–Trinajstić information content (AvgIpc) is 2.86. The molecule has 0 aromatic carbocycles. The Morgan fingerprint density at radius 1 is 1.33 bits per heavy atom. The van der Waals surface area contributed by atoms with Gasteiger partial charge in [-0.3, -0.25) is 9.59 Å². The van der Waals surface area contributed by atoms with E-state index >= 15 is 0 Å². The van der Waals surface area contributed by atoms with Crippen molar-refractivity contribution in [2.45, 2.75) is 58.0 Å². The molecule has 0 radical (unpaired) electrons. The molecule has 0 aromatic heterocycles. The Kier molecular flexibility index (Phi) is 4.84. The van der Waals surface area contributed by atoms with Crippen LogP contribution in [-0.2, 0) is 23.8 Å². The van der Waals surface area contributed by atoms with E-state index in [2.05, 4.69) is 0 Å². The van der Waals surface area contributed by atoms with Gasteiger partial charge in [0.25, 0.3) is 0 Å². The molecular formula is C16H24O5. The van der Waals surface area contributed by atoms with Gasteiger partial charge in [-0.15, -0.1) is 0 Å². The van der Waals surface area contributed by atoms with E-state index in [4.69, 9.17) is 14.2 Å². The first-order valence-electron chi connectivity index (χ1n) is 7.50. The molecular weight excluding hydrogens is 272 g/mol. The highest BCUT2D eigenvalue weighted by Crippen LogP contribution is 2.45. The first kappa shape index (κ1) is 16.2. The molecule has 4 atom stereocenters. The van der Waals surface area contributed by atoms with Crippen LogP contribution >= 0.6 is 0 Å². The minimum Gasteiger partial charge on any atom is -0.469 e. The molecule has 1 saturated heterocycles. The van der Waals surface area contributed by atoms with Crippen LogP contribution in [0.1, 0.15) is 40.0 Å². The van der Waals surface area contributed by atoms with Crippen molar-refractivity contribution in [2.24, 2.45) is 11.8 Å². The average molecular weight is 296 g/mol. The van der Waals surface area contributed by atoms with Gasteiger partial charge in [0.2, 0.25) is 0 Å². The van der Waals surface area contributed by atoms with Gasteiger partial charge in [-0.05, 0) is 26.7 Å². The monoisotopic (exact) mass is 296 g/mol. The number of carbonyl (C=O) groups excluding carboxylic acids is 2. The van der Waals surface area contributed by atoms with Crippen molar-refractivity contribution in [3.8, 4) is 0 Å². The van der Waals surface area contributed by atoms with Crippen LogP contribution in [0.4, 0.5) is 0 Å². The number of ketones is 1. The number of rotatable bonds is 5. The lowest BCUT2D eigenvalue weighted by Crippen LogP contribution is -2.30. The van der Waals surface area contributed by atoms with Gasteiger partial charge < -0.3 is 14.2 Å². The zero-order chi connectivity index (χ0) is 15.6. The second kappa shape index (κ2) is 6.28. The number of allylic oxidation sites excluding steroid dienone is 2. The Labute approximate surface area is 125 Å². The molecule has 118 valence electrons. The van der Waals surface area contributed by atoms with Crippen LogP contribution in [0.25, 0.3) is 0 Å². The van der Waals surface area contributed by atoms with E-state index < -0.39 is 11.9 Å². The third-order valence-corrected chi connectivity index (χ3v) is 4.14. The van der Waals surface area contributed by atoms with Crippen molar-refractivity contribution in [1.82, 2.24) is 0 Å². The van der Waals surface area contributed by atoms with Crippen molar-refractivity contribution >= 4 is 11.8 Å². The highest BCUT2D eigenvalue weighted by Gasteiger charge is 2.58. The highest BCUT2D eigenvalue weighted by molar-refractivity contribution is 5.90. The lowest BCUT2D eigenvalue weighted by molar-refractivity contribution is -0.169. The standard InChI is InChI=1S/C16H24O5/c1-5-6-7-8-10-11(9-12(17)19-4)14-15(13(10)18)21-16(2,3)20-14/h6-7,10-11,14-15H,5,8-9H2,1-4H3/b7-6-/t10-,11-,14+,15-/m1/s1. The molecule has 1 saturated carbocycles. The van der Waals surface area contributed by atoms with Gasteiger partial charge in [0.15, 0.2) is 11.6 Å². The van der Waals surface area contributed by atoms with Crippen molar-refractivity contribution < 1.29 is 23.8 Å². The fraction of sp³-hybridized carbons (Fsp3) is 0.750. The Hall–Kier alpha value is -1.20. The van der Waals surface area contributed by atoms with Gasteiger partial charge in [0.05, 0.1) is 19.6 Å². The summed E-state index contributed by atoms with van der Waals surface area (Å²) in [6.45, 7) is 5.63. The van der Waals surface area contributed by atoms with Gasteiger partial charge in [-0.1, -0.05) is 19.1 Å². The molecule has 0 unspecified atom stereocenters. The summed E-state index contributed by atoms with van der Waals surface area (Å²) in [5.74, 6) is -1.47. The molecule has 1 aliphatic heterocycles. The van der Waals surface area contributed by atoms with Crippen LogP contribution in [0, 0.1) is 11.8 Å². The third kappa shape index (κ3) is 3.35. The SMILES string of the molecule is CC/C=C\C[C@H]1C(=O)[C@H]2OC(C)(C)O[C@H]2[C@@H]1CC(=O)OC. The topological polar surface area (TPSA) is 61.8 Å². The van der Waals surface area contributed by atoms with Crippen molar-refractivity contribution in [1.29, 1.82) is 0 Å². The summed E-state index contributed by atoms with van der Waals surface area (Å²) in [4.78, 5) is 24.2. The second-order valence-corrected chi connectivity index (χ2v) is 6.09. The molecule has 2 fully saturated rings. The minimum absolute atomic E-state index is 0.0419. The van der Waals surface area contributed by atoms with E-state index in [-0.39, 0.29) is 36.1 Å². The van der Waals surface area contributed by atoms with Gasteiger partial charge in [0, 0.05) is 11.8 Å². The number of esters is 1. The maximum Gasteiger partial charge on any atom is 0.305 e. The molecule has 0 spiro atoms. The predicted octanol–water partition coefficient (Wildman–Crippen LogP) is 2.24. The van der Waals surface area contributed by atoms with Crippen LogP contribution in [0.2, 0.25) is 0 Å². The second-order valence-electron chi connectivity index (χ2n) is 6.09. The fourth-order valence-electron chi connectivity index (χ4n) is 3.21. The van der Waals surface area contributed by atoms with Gasteiger partial charge in [-0.25, -0.2) is 0 Å². The van der Waals surface area contributed by atoms with Crippen LogP contribution in [0.5, 0.6) is 0 Å². The van der Waals surface area contributed by atoms with Gasteiger partial charge in [-0.2, -0.15) is 0 Å². The van der Waals surface area contributed by atoms with E-state index in [1.165, 1.54) is 7.11 Å². The Morgan fingerprint density at radius 2 is 2.05 bits per heavy atom. The van der Waals surface area contributed by atoms with E-state index in [0.29, 0.717) is 6.42 Å². The molecule has 5 heteroatoms. The minimum atomic E-state index is -0.774. The molecule has 0 bridgehead atoms. The number of ether oxygens (including phenoxy) is 3. The van der Waals surface area contributed by atoms with E-state index in [1.54, 1.807) is 13.8 Å². The van der Waals surface area contributed by atoms with Crippen LogP contribution in [0.15, 0.2) is 12.2 Å². The molecule has 0 N–H and O–H groups in total. The first-order chi connectivity index (χ1) is 9.89. The number of methoxy groups -OCH3 is 1. The maximum atomic E-state index is 12.6. The zero-order valence-corrected chi connectivity index (χ0v) is 13.1. The van der Waals surface area contributed by atoms with E-state index in [0.717, 1.165) is 6.42 Å². The normalized spacial score (nSPS) is 34.4. The molecule has 1 aliphatic carbocycles. The van der Waals surface area contributed by atoms with Crippen LogP contribution in [-0.4, -0.2) is 36.9 Å². The molecule has 1 heterocycles. The fourth-order valence-corrected chi connectivity index (χ4v) is 3.21. The molecule has 5 nitrogen and oxygen atoms in total. The smallest absolute Gasteiger partial charge is 0.305 e. The lowest BCUT2D eigenvalue weighted by atomic mass is 9.88. The summed E-state index contributed by atoms with van der Waals surface area (Å²) in [5, 5.41) is 0. The number of Topliss-reactive ketones (excluding diaryl/α,β-unsaturated/α-hetero) is 1. The number of hydrogen-bond donors (Lipinski definition) is 0. The molecule has 21 heavy (non-hydrogen) atoms. The van der Waals surface area contributed by atoms with Crippen molar-refractivity contribution in [2.75, 3.05) is 7.11 Å². The zero-order valence-electron chi connectivity index (χ0n) is 13.1. The summed E-state index contributed by atoms with van der Waals surface area (Å²) in [7, 11) is 1.36. The largest absolute Gasteiger partial charge is 0.469 e. The van der Waals surface area contributed by atoms with E-state index in [9.17, 15) is 9.59 Å². The summed E-state index contributed by atoms with van der Waals surface area (Å²) >= 11 is 0. The van der Waals surface area contributed by atoms with Gasteiger partial charge >= 0.3 is 5.97 Å². The number of carbonyl (C=O) groups is 2. The summed E-state index contributed by atoms with van der Waals surface area (Å²) in [5.41, 5.74) is 0. The quantitative estimate of drug-likeness (QED) is 0.575. The summed E-state index contributed by atoms with van der Waals surface area (Å²) in [6, 6.07) is 0. The molecule has 2 aliphatic rings. The Morgan fingerprint density at radius 3 is 2.67 bits per heavy atom. The summed E-state index contributed by atoms with van der Waals surface area (Å²) < 4.78 is 16.3. The molecule has 0 aromatic rings. The van der Waals surface area contributed by atoms with E-state index in [1.807, 2.05) is 19.1 Å². The number of hydrogen-bond acceptors (Lipinski definition) is 5. The van der Waals surface area contributed by atoms with Crippen LogP contribution in [0.3, 0.4) is 0 Å². The Bertz CT molecular complexity index is 440. The first-order valence-corrected chi connectivity index (χ1v) is 7.50. The van der Waals surface area contributed by atoms with Crippen molar-refractivity contribution in [3.05, 3.63) is 12.2 Å². The predicted molar refractivity (Wildman–Crippen MR) is 76.5 cm³/mol. The summed E-state index contributed by atoms with van der Waals surface area (Å²) in [6.07, 6.45) is 4.85. The van der Waals surface area contributed by atoms with Crippen LogP contribution < -0.4 is 0 Å². The molecule has 0 amide bonds. The van der Waals surface area contributed by atoms with Gasteiger partial charge in [0.1, 0.15) is 6.10 Å². The maximum absolute atomic E-state index is 12.6. The van der Waals surface area contributed by atoms with Crippen molar-refractivity contribution in [3.63, 3.8) is 0 Å².